The molecule has 0 bridgehead atoms. The number of hydrogen-bond acceptors (Lipinski definition) is 4. The van der Waals surface area contributed by atoms with Crippen LogP contribution >= 0.6 is 0 Å². The Morgan fingerprint density at radius 3 is 2.52 bits per heavy atom. The number of unbranched alkanes of at least 4 members (excludes halogenated alkanes) is 4. The van der Waals surface area contributed by atoms with Crippen molar-refractivity contribution in [2.24, 2.45) is 0 Å². The average Bonchev–Trinajstić information content (AvgIpc) is 2.57. The van der Waals surface area contributed by atoms with Gasteiger partial charge in [0.1, 0.15) is 5.75 Å². The lowest BCUT2D eigenvalue weighted by Gasteiger charge is -2.13. The third kappa shape index (κ3) is 7.60. The van der Waals surface area contributed by atoms with E-state index in [4.69, 9.17) is 9.47 Å². The van der Waals surface area contributed by atoms with Crippen molar-refractivity contribution in [3.63, 3.8) is 0 Å². The maximum absolute atomic E-state index is 12.0. The van der Waals surface area contributed by atoms with Gasteiger partial charge in [-0.2, -0.15) is 0 Å². The Kier molecular flexibility index (Phi) is 9.38. The van der Waals surface area contributed by atoms with Gasteiger partial charge in [-0.25, -0.2) is 4.79 Å². The van der Waals surface area contributed by atoms with E-state index in [1.54, 1.807) is 14.0 Å². The Morgan fingerprint density at radius 2 is 1.91 bits per heavy atom. The van der Waals surface area contributed by atoms with Gasteiger partial charge in [0.2, 0.25) is 0 Å². The fourth-order valence-electron chi connectivity index (χ4n) is 2.05. The van der Waals surface area contributed by atoms with Crippen molar-refractivity contribution >= 4 is 11.7 Å². The first-order valence-corrected chi connectivity index (χ1v) is 8.26. The first kappa shape index (κ1) is 18.9. The molecule has 0 saturated heterocycles. The number of esters is 1. The fourth-order valence-corrected chi connectivity index (χ4v) is 2.05. The van der Waals surface area contributed by atoms with Gasteiger partial charge in [0, 0.05) is 12.1 Å². The molecule has 1 N–H and O–H groups in total. The minimum absolute atomic E-state index is 0.343. The number of hydrogen-bond donors (Lipinski definition) is 1. The predicted octanol–water partition coefficient (Wildman–Crippen LogP) is 4.01. The van der Waals surface area contributed by atoms with Crippen molar-refractivity contribution in [1.29, 1.82) is 0 Å². The van der Waals surface area contributed by atoms with Gasteiger partial charge in [0.05, 0.1) is 13.7 Å². The molecule has 0 unspecified atom stereocenters. The molecule has 1 atom stereocenters. The summed E-state index contributed by atoms with van der Waals surface area (Å²) in [4.78, 5) is 12.0. The van der Waals surface area contributed by atoms with Crippen LogP contribution in [-0.4, -0.2) is 25.7 Å². The van der Waals surface area contributed by atoms with Crippen LogP contribution in [0.4, 0.5) is 5.69 Å². The number of rotatable bonds is 9. The normalized spacial score (nSPS) is 11.1. The van der Waals surface area contributed by atoms with Gasteiger partial charge in [-0.3, -0.25) is 0 Å². The van der Waals surface area contributed by atoms with E-state index in [0.717, 1.165) is 24.3 Å². The smallest absolute Gasteiger partial charge is 0.341 e. The maximum Gasteiger partial charge on any atom is 0.341 e. The second-order valence-corrected chi connectivity index (χ2v) is 5.19. The molecule has 4 heteroatoms. The Morgan fingerprint density at radius 1 is 1.17 bits per heavy atom. The molecule has 0 aromatic heterocycles. The highest BCUT2D eigenvalue weighted by molar-refractivity contribution is 5.83. The molecular formula is C19H27NO3. The molecule has 126 valence electrons. The van der Waals surface area contributed by atoms with Crippen molar-refractivity contribution in [3.05, 3.63) is 24.3 Å². The highest BCUT2D eigenvalue weighted by Crippen LogP contribution is 2.16. The highest BCUT2D eigenvalue weighted by atomic mass is 16.5. The monoisotopic (exact) mass is 317 g/mol. The summed E-state index contributed by atoms with van der Waals surface area (Å²) in [6.07, 6.45) is 5.49. The van der Waals surface area contributed by atoms with Crippen LogP contribution < -0.4 is 10.1 Å². The maximum atomic E-state index is 12.0. The van der Waals surface area contributed by atoms with Crippen molar-refractivity contribution in [2.45, 2.75) is 52.0 Å². The first-order chi connectivity index (χ1) is 11.2. The molecule has 0 saturated carbocycles. The molecule has 0 fully saturated rings. The molecule has 0 aliphatic heterocycles. The summed E-state index contributed by atoms with van der Waals surface area (Å²) in [6.45, 7) is 4.32. The number of ether oxygens (including phenoxy) is 2. The van der Waals surface area contributed by atoms with Gasteiger partial charge < -0.3 is 14.8 Å². The minimum Gasteiger partial charge on any atom is -0.497 e. The SMILES string of the molecule is CCCCCCC#C[C@H](Nc1ccc(OC)cc1)C(=O)OCC. The van der Waals surface area contributed by atoms with Gasteiger partial charge in [-0.1, -0.05) is 32.1 Å². The molecule has 1 rings (SSSR count). The number of benzene rings is 1. The van der Waals surface area contributed by atoms with E-state index in [9.17, 15) is 4.79 Å². The largest absolute Gasteiger partial charge is 0.497 e. The number of methoxy groups -OCH3 is 1. The number of nitrogens with one attached hydrogen (secondary N) is 1. The van der Waals surface area contributed by atoms with E-state index in [2.05, 4.69) is 24.1 Å². The zero-order valence-corrected chi connectivity index (χ0v) is 14.4. The summed E-state index contributed by atoms with van der Waals surface area (Å²) in [5, 5.41) is 3.11. The van der Waals surface area contributed by atoms with E-state index in [0.29, 0.717) is 6.61 Å². The summed E-state index contributed by atoms with van der Waals surface area (Å²) in [5.74, 6) is 6.51. The van der Waals surface area contributed by atoms with E-state index < -0.39 is 6.04 Å². The minimum atomic E-state index is -0.644. The molecule has 0 aliphatic rings. The van der Waals surface area contributed by atoms with Crippen LogP contribution in [0, 0.1) is 11.8 Å². The number of carbonyl (C=O) groups is 1. The summed E-state index contributed by atoms with van der Waals surface area (Å²) in [6, 6.07) is 6.74. The molecule has 0 spiro atoms. The first-order valence-electron chi connectivity index (χ1n) is 8.26. The molecule has 4 nitrogen and oxygen atoms in total. The van der Waals surface area contributed by atoms with Crippen LogP contribution in [0.1, 0.15) is 46.0 Å². The zero-order valence-electron chi connectivity index (χ0n) is 14.4. The molecule has 23 heavy (non-hydrogen) atoms. The summed E-state index contributed by atoms with van der Waals surface area (Å²) in [5.41, 5.74) is 0.809. The van der Waals surface area contributed by atoms with Crippen molar-refractivity contribution < 1.29 is 14.3 Å². The lowest BCUT2D eigenvalue weighted by molar-refractivity contribution is -0.142. The predicted molar refractivity (Wildman–Crippen MR) is 93.6 cm³/mol. The van der Waals surface area contributed by atoms with Gasteiger partial charge in [-0.05, 0) is 37.6 Å². The highest BCUT2D eigenvalue weighted by Gasteiger charge is 2.16. The Balaban J connectivity index is 2.64. The quantitative estimate of drug-likeness (QED) is 0.425. The second kappa shape index (κ2) is 11.4. The summed E-state index contributed by atoms with van der Waals surface area (Å²) < 4.78 is 10.2. The van der Waals surface area contributed by atoms with E-state index >= 15 is 0 Å². The Bertz CT molecular complexity index is 514. The van der Waals surface area contributed by atoms with Crippen LogP contribution in [0.3, 0.4) is 0 Å². The van der Waals surface area contributed by atoms with Crippen molar-refractivity contribution in [2.75, 3.05) is 19.0 Å². The van der Waals surface area contributed by atoms with Crippen LogP contribution in [0.2, 0.25) is 0 Å². The fraction of sp³-hybridized carbons (Fsp3) is 0.526. The summed E-state index contributed by atoms with van der Waals surface area (Å²) in [7, 11) is 1.62. The van der Waals surface area contributed by atoms with Gasteiger partial charge in [-0.15, -0.1) is 5.92 Å². The average molecular weight is 317 g/mol. The van der Waals surface area contributed by atoms with Crippen LogP contribution in [0.25, 0.3) is 0 Å². The second-order valence-electron chi connectivity index (χ2n) is 5.19. The topological polar surface area (TPSA) is 47.6 Å². The Hall–Kier alpha value is -2.15. The lowest BCUT2D eigenvalue weighted by Crippen LogP contribution is -2.30. The van der Waals surface area contributed by atoms with E-state index in [-0.39, 0.29) is 5.97 Å². The van der Waals surface area contributed by atoms with Gasteiger partial charge in [0.15, 0.2) is 6.04 Å². The molecule has 0 heterocycles. The van der Waals surface area contributed by atoms with E-state index in [1.165, 1.54) is 19.3 Å². The van der Waals surface area contributed by atoms with E-state index in [1.807, 2.05) is 24.3 Å². The number of carbonyl (C=O) groups excluding carboxylic acids is 1. The summed E-state index contributed by atoms with van der Waals surface area (Å²) >= 11 is 0. The van der Waals surface area contributed by atoms with Gasteiger partial charge in [0.25, 0.3) is 0 Å². The van der Waals surface area contributed by atoms with Crippen molar-refractivity contribution in [3.8, 4) is 17.6 Å². The lowest BCUT2D eigenvalue weighted by atomic mass is 10.1. The van der Waals surface area contributed by atoms with Crippen LogP contribution in [0.5, 0.6) is 5.75 Å². The van der Waals surface area contributed by atoms with Gasteiger partial charge >= 0.3 is 5.97 Å². The third-order valence-corrected chi connectivity index (χ3v) is 3.33. The number of anilines is 1. The molecule has 1 aromatic carbocycles. The molecular weight excluding hydrogens is 290 g/mol. The van der Waals surface area contributed by atoms with Crippen LogP contribution in [0.15, 0.2) is 24.3 Å². The standard InChI is InChI=1S/C19H27NO3/c1-4-6-7-8-9-10-11-18(19(21)23-5-2)20-16-12-14-17(22-3)15-13-16/h12-15,18,20H,4-9H2,1-3H3/t18-/m0/s1. The third-order valence-electron chi connectivity index (χ3n) is 3.33. The molecule has 0 amide bonds. The van der Waals surface area contributed by atoms with Crippen molar-refractivity contribution in [1.82, 2.24) is 0 Å². The molecule has 0 aliphatic carbocycles. The molecule has 1 aromatic rings. The Labute approximate surface area is 139 Å². The van der Waals surface area contributed by atoms with Crippen LogP contribution in [-0.2, 0) is 9.53 Å². The zero-order chi connectivity index (χ0) is 16.9. The molecule has 0 radical (unpaired) electrons.